The molecule has 1 heterocycles. The maximum Gasteiger partial charge on any atom is 0.294 e. The molecule has 28 heteroatoms. The van der Waals surface area contributed by atoms with Crippen LogP contribution >= 0.6 is 24.1 Å². The number of benzene rings is 7. The van der Waals surface area contributed by atoms with E-state index in [0.717, 1.165) is 6.07 Å². The summed E-state index contributed by atoms with van der Waals surface area (Å²) in [7, 11) is -7.66. The molecule has 0 spiro atoms. The van der Waals surface area contributed by atoms with Crippen molar-refractivity contribution in [3.8, 4) is 22.9 Å². The van der Waals surface area contributed by atoms with Crippen LogP contribution in [0.15, 0.2) is 149 Å². The number of methoxy groups -OCH3 is 1. The largest absolute Gasteiger partial charge is 0.506 e. The normalized spacial score (nSPS) is 12.1. The van der Waals surface area contributed by atoms with Crippen LogP contribution in [0.25, 0.3) is 38.3 Å². The van der Waals surface area contributed by atoms with E-state index in [0.29, 0.717) is 79.4 Å². The van der Waals surface area contributed by atoms with Crippen LogP contribution in [-0.4, -0.2) is 68.8 Å². The minimum absolute atomic E-state index is 0. The maximum absolute atomic E-state index is 12.0. The van der Waals surface area contributed by atoms with Crippen LogP contribution in [0.5, 0.6) is 17.2 Å². The number of fused-ring (bicyclic) bond motifs is 4. The van der Waals surface area contributed by atoms with E-state index in [1.54, 1.807) is 60.7 Å². The number of azo groups is 2. The summed E-state index contributed by atoms with van der Waals surface area (Å²) >= 11 is 1.01. The molecule has 0 saturated carbocycles. The van der Waals surface area contributed by atoms with E-state index in [1.165, 1.54) is 54.4 Å². The Hall–Kier alpha value is -6.34. The number of phenols is 2. The third-order valence-corrected chi connectivity index (χ3v) is 12.4. The van der Waals surface area contributed by atoms with E-state index in [-0.39, 0.29) is 66.1 Å². The smallest absolute Gasteiger partial charge is 0.294 e. The number of hydrogen-bond acceptors (Lipinski definition) is 22. The molecule has 0 amide bonds. The molecule has 7 N–H and O–H groups in total. The molecule has 8 aromatic rings. The van der Waals surface area contributed by atoms with Gasteiger partial charge >= 0.3 is 0 Å². The zero-order chi connectivity index (χ0) is 46.8. The van der Waals surface area contributed by atoms with Gasteiger partial charge in [-0.3, -0.25) is 9.11 Å². The van der Waals surface area contributed by atoms with Crippen LogP contribution in [-0.2, 0) is 56.0 Å². The van der Waals surface area contributed by atoms with Gasteiger partial charge in [-0.15, -0.1) is 34.2 Å². The van der Waals surface area contributed by atoms with Gasteiger partial charge in [-0.1, -0.05) is 16.1 Å². The van der Waals surface area contributed by atoms with E-state index >= 15 is 0 Å². The molecule has 0 unspecified atom stereocenters. The van der Waals surface area contributed by atoms with E-state index in [1.807, 2.05) is 0 Å². The second-order valence-corrected chi connectivity index (χ2v) is 17.8. The molecule has 0 aliphatic heterocycles. The van der Waals surface area contributed by atoms with Crippen molar-refractivity contribution in [2.45, 2.75) is 19.6 Å². The molecular weight excluding hydrogens is 1010 g/mol. The first-order valence-electron chi connectivity index (χ1n) is 18.2. The fraction of sp³-hybridized carbons (Fsp3) is 0.0256. The molecule has 7 aromatic carbocycles. The number of phenolic OH excluding ortho intramolecular Hbond substituents is 2. The predicted molar refractivity (Wildman–Crippen MR) is 236 cm³/mol. The second-order valence-electron chi connectivity index (χ2n) is 13.4. The summed E-state index contributed by atoms with van der Waals surface area (Å²) in [5.41, 5.74) is 2.47. The number of anilines is 2. The number of aromatic hydroxyl groups is 2. The van der Waals surface area contributed by atoms with Gasteiger partial charge in [0.15, 0.2) is 5.75 Å². The molecular formula is C39H28CuN8O15S4. The van der Waals surface area contributed by atoms with Crippen molar-refractivity contribution in [3.05, 3.63) is 109 Å². The monoisotopic (exact) mass is 1040 g/mol. The quantitative estimate of drug-likeness (QED) is 0.0118. The topological polar surface area (TPSA) is 328 Å². The van der Waals surface area contributed by atoms with E-state index in [9.17, 15) is 36.2 Å². The first-order valence-corrected chi connectivity index (χ1v) is 22.6. The van der Waals surface area contributed by atoms with Crippen LogP contribution in [0.3, 0.4) is 0 Å². The number of nitrogens with zero attached hydrogens (tertiary/aromatic N) is 7. The Morgan fingerprint density at radius 1 is 0.642 bits per heavy atom. The zero-order valence-electron chi connectivity index (χ0n) is 33.3. The van der Waals surface area contributed by atoms with Gasteiger partial charge in [0, 0.05) is 61.6 Å². The van der Waals surface area contributed by atoms with Gasteiger partial charge in [-0.2, -0.15) is 26.7 Å². The fourth-order valence-corrected chi connectivity index (χ4v) is 8.52. The summed E-state index contributed by atoms with van der Waals surface area (Å²) in [4.78, 5) is 0.909. The van der Waals surface area contributed by atoms with E-state index in [2.05, 4.69) is 54.7 Å². The molecule has 0 bridgehead atoms. The molecule has 1 radical (unpaired) electrons. The molecule has 0 aliphatic carbocycles. The van der Waals surface area contributed by atoms with Crippen LogP contribution in [0, 0.1) is 0 Å². The van der Waals surface area contributed by atoms with Crippen LogP contribution in [0.4, 0.5) is 34.1 Å². The molecule has 8 rings (SSSR count). The third-order valence-electron chi connectivity index (χ3n) is 9.40. The standard InChI is InChI=1S/C39H28N8O15S4.Cu/c1-58-34-19-31(42-44-38-36(64-62-60-51)15-20-14-23(6-11-27(20)39(38)49)40-21-4-9-25(10-5-21)65(52,53)54)33(48)18-32(34)43-41-22-2-7-24(8-3-22)47-45-30-13-12-28-29(37(30)46-47)16-26(66(55,56)57)17-35(28)63-61-59-50;/h2-19,40,48-51H,1H3,(H,52,53,54)(H,55,56,57);. The van der Waals surface area contributed by atoms with Crippen molar-refractivity contribution < 1.29 is 87.2 Å². The third kappa shape index (κ3) is 10.8. The van der Waals surface area contributed by atoms with Crippen LogP contribution in [0.2, 0.25) is 0 Å². The number of rotatable bonds is 16. The van der Waals surface area contributed by atoms with Gasteiger partial charge in [-0.05, 0) is 96.4 Å². The number of aromatic nitrogens is 3. The number of ether oxygens (including phenoxy) is 1. The van der Waals surface area contributed by atoms with E-state index in [4.69, 9.17) is 15.3 Å². The summed E-state index contributed by atoms with van der Waals surface area (Å²) in [6.45, 7) is 0. The van der Waals surface area contributed by atoms with Gasteiger partial charge < -0.3 is 20.3 Å². The minimum Gasteiger partial charge on any atom is -0.506 e. The van der Waals surface area contributed by atoms with Crippen molar-refractivity contribution in [2.75, 3.05) is 12.4 Å². The molecule has 67 heavy (non-hydrogen) atoms. The minimum atomic E-state index is -4.65. The summed E-state index contributed by atoms with van der Waals surface area (Å²) in [6.07, 6.45) is 0. The Bertz CT molecular complexity index is 3460. The van der Waals surface area contributed by atoms with Gasteiger partial charge in [0.1, 0.15) is 39.6 Å². The van der Waals surface area contributed by atoms with Gasteiger partial charge in [0.25, 0.3) is 20.2 Å². The maximum atomic E-state index is 12.0. The van der Waals surface area contributed by atoms with Gasteiger partial charge in [0.05, 0.1) is 57.3 Å². The van der Waals surface area contributed by atoms with Crippen molar-refractivity contribution in [2.24, 2.45) is 20.5 Å². The van der Waals surface area contributed by atoms with Crippen molar-refractivity contribution in [3.63, 3.8) is 0 Å². The van der Waals surface area contributed by atoms with Gasteiger partial charge in [0.2, 0.25) is 0 Å². The summed E-state index contributed by atoms with van der Waals surface area (Å²) < 4.78 is 80.5. The molecule has 0 saturated heterocycles. The molecule has 1 aromatic heterocycles. The number of hydrogen-bond donors (Lipinski definition) is 7. The van der Waals surface area contributed by atoms with Crippen molar-refractivity contribution >= 4 is 111 Å². The molecule has 0 aliphatic rings. The van der Waals surface area contributed by atoms with Crippen molar-refractivity contribution in [1.29, 1.82) is 0 Å². The molecule has 23 nitrogen and oxygen atoms in total. The second kappa shape index (κ2) is 20.3. The van der Waals surface area contributed by atoms with Crippen LogP contribution in [0.1, 0.15) is 0 Å². The first kappa shape index (κ1) is 48.6. The summed E-state index contributed by atoms with van der Waals surface area (Å²) in [5.74, 6) is -0.597. The fourth-order valence-electron chi connectivity index (χ4n) is 6.39. The molecule has 0 fully saturated rings. The average molecular weight is 1040 g/mol. The molecule has 349 valence electrons. The van der Waals surface area contributed by atoms with Crippen molar-refractivity contribution in [1.82, 2.24) is 15.0 Å². The average Bonchev–Trinajstić information content (AvgIpc) is 3.74. The first-order chi connectivity index (χ1) is 31.6. The Labute approximate surface area is 395 Å². The molecule has 0 atom stereocenters. The SMILES string of the molecule is COc1cc(N=Nc2c(SOOO)cc3cc(Nc4ccc(S(=O)(=O)O)cc4)ccc3c2O)c(O)cc1N=Nc1ccc(-n2nc3ccc4c(SOOO)cc(S(=O)(=O)O)cc4c3n2)cc1.[Cu]. The summed E-state index contributed by atoms with van der Waals surface area (Å²) in [6, 6.07) is 26.5. The van der Waals surface area contributed by atoms with Crippen LogP contribution < -0.4 is 10.1 Å². The van der Waals surface area contributed by atoms with Gasteiger partial charge in [-0.25, -0.2) is 10.5 Å². The Balaban J connectivity index is 0.00000666. The number of nitrogens with one attached hydrogen (secondary N) is 1. The predicted octanol–water partition coefficient (Wildman–Crippen LogP) is 10.1. The Morgan fingerprint density at radius 2 is 1.30 bits per heavy atom. The Kier molecular flexibility index (Phi) is 14.7. The van der Waals surface area contributed by atoms with E-state index < -0.39 is 25.1 Å². The Morgan fingerprint density at radius 3 is 1.97 bits per heavy atom. The zero-order valence-corrected chi connectivity index (χ0v) is 37.5. The summed E-state index contributed by atoms with van der Waals surface area (Å²) in [5, 5.41) is 77.7.